The summed E-state index contributed by atoms with van der Waals surface area (Å²) in [6, 6.07) is 11.7. The van der Waals surface area contributed by atoms with Gasteiger partial charge in [-0.3, -0.25) is 4.79 Å². The fraction of sp³-hybridized carbons (Fsp3) is 0.0588. The van der Waals surface area contributed by atoms with Gasteiger partial charge in [0.1, 0.15) is 11.6 Å². The highest BCUT2D eigenvalue weighted by atomic mass is 19.1. The highest BCUT2D eigenvalue weighted by Crippen LogP contribution is 2.19. The number of hydrogen-bond acceptors (Lipinski definition) is 4. The molecular weight excluding hydrogens is 301 g/mol. The van der Waals surface area contributed by atoms with Crippen LogP contribution in [0.3, 0.4) is 0 Å². The molecule has 0 atom stereocenters. The summed E-state index contributed by atoms with van der Waals surface area (Å²) in [5.41, 5.74) is -0.213. The van der Waals surface area contributed by atoms with Crippen LogP contribution < -0.4 is 15.7 Å². The number of fused-ring (bicyclic) bond motifs is 1. The molecule has 1 aromatic heterocycles. The Kier molecular flexibility index (Phi) is 3.80. The molecule has 0 aliphatic carbocycles. The van der Waals surface area contributed by atoms with Crippen molar-refractivity contribution in [3.63, 3.8) is 0 Å². The Morgan fingerprint density at radius 3 is 2.78 bits per heavy atom. The van der Waals surface area contributed by atoms with E-state index in [-0.39, 0.29) is 11.1 Å². The van der Waals surface area contributed by atoms with Crippen LogP contribution >= 0.6 is 0 Å². The summed E-state index contributed by atoms with van der Waals surface area (Å²) in [5, 5.41) is 3.11. The van der Waals surface area contributed by atoms with E-state index in [4.69, 9.17) is 9.15 Å². The number of amides is 1. The molecule has 2 aromatic carbocycles. The van der Waals surface area contributed by atoms with E-state index < -0.39 is 17.3 Å². The summed E-state index contributed by atoms with van der Waals surface area (Å²) in [7, 11) is 1.51. The van der Waals surface area contributed by atoms with Gasteiger partial charge in [0.2, 0.25) is 0 Å². The number of anilines is 1. The lowest BCUT2D eigenvalue weighted by Crippen LogP contribution is -2.15. The van der Waals surface area contributed by atoms with Crippen molar-refractivity contribution in [2.75, 3.05) is 12.4 Å². The number of ether oxygens (including phenoxy) is 1. The van der Waals surface area contributed by atoms with Gasteiger partial charge in [-0.05, 0) is 41.8 Å². The van der Waals surface area contributed by atoms with Crippen molar-refractivity contribution in [1.29, 1.82) is 0 Å². The Morgan fingerprint density at radius 1 is 1.17 bits per heavy atom. The van der Waals surface area contributed by atoms with Crippen LogP contribution in [0.4, 0.5) is 10.1 Å². The van der Waals surface area contributed by atoms with Crippen LogP contribution in [-0.4, -0.2) is 13.0 Å². The van der Waals surface area contributed by atoms with Gasteiger partial charge in [0.15, 0.2) is 5.76 Å². The molecule has 116 valence electrons. The molecule has 1 N–H and O–H groups in total. The largest absolute Gasteiger partial charge is 0.497 e. The zero-order chi connectivity index (χ0) is 16.4. The second-order valence-electron chi connectivity index (χ2n) is 4.82. The van der Waals surface area contributed by atoms with Crippen molar-refractivity contribution in [2.45, 2.75) is 0 Å². The minimum atomic E-state index is -0.696. The average molecular weight is 313 g/mol. The van der Waals surface area contributed by atoms with Crippen LogP contribution in [0.1, 0.15) is 10.6 Å². The first-order valence-corrected chi connectivity index (χ1v) is 6.75. The summed E-state index contributed by atoms with van der Waals surface area (Å²) >= 11 is 0. The van der Waals surface area contributed by atoms with Crippen molar-refractivity contribution >= 4 is 22.4 Å². The standard InChI is InChI=1S/C17H12FNO4/c1-22-13-4-2-3-12(9-13)19-16(20)15-8-10-7-11(18)5-6-14(10)17(21)23-15/h2-9H,1H3,(H,19,20). The van der Waals surface area contributed by atoms with Gasteiger partial charge in [-0.25, -0.2) is 9.18 Å². The molecule has 1 amide bonds. The molecule has 1 heterocycles. The van der Waals surface area contributed by atoms with Crippen LogP contribution in [0.15, 0.2) is 57.7 Å². The van der Waals surface area contributed by atoms with Crippen molar-refractivity contribution < 1.29 is 18.3 Å². The normalized spacial score (nSPS) is 10.5. The Hall–Kier alpha value is -3.15. The van der Waals surface area contributed by atoms with Gasteiger partial charge in [0.05, 0.1) is 12.5 Å². The number of benzene rings is 2. The van der Waals surface area contributed by atoms with Crippen LogP contribution in [0.25, 0.3) is 10.8 Å². The number of halogens is 1. The molecule has 23 heavy (non-hydrogen) atoms. The first-order chi connectivity index (χ1) is 11.1. The predicted octanol–water partition coefficient (Wildman–Crippen LogP) is 3.19. The van der Waals surface area contributed by atoms with Crippen molar-refractivity contribution in [2.24, 2.45) is 0 Å². The zero-order valence-corrected chi connectivity index (χ0v) is 12.1. The molecule has 0 bridgehead atoms. The van der Waals surface area contributed by atoms with Gasteiger partial charge in [-0.2, -0.15) is 0 Å². The predicted molar refractivity (Wildman–Crippen MR) is 83.4 cm³/mol. The van der Waals surface area contributed by atoms with Gasteiger partial charge in [-0.1, -0.05) is 6.07 Å². The smallest absolute Gasteiger partial charge is 0.344 e. The third kappa shape index (κ3) is 3.06. The lowest BCUT2D eigenvalue weighted by Gasteiger charge is -2.07. The summed E-state index contributed by atoms with van der Waals surface area (Å²) in [5.74, 6) is -0.732. The minimum Gasteiger partial charge on any atom is -0.497 e. The molecular formula is C17H12FNO4. The number of carbonyl (C=O) groups is 1. The quantitative estimate of drug-likeness (QED) is 0.806. The molecule has 0 unspecified atom stereocenters. The molecule has 0 radical (unpaired) electrons. The van der Waals surface area contributed by atoms with Crippen molar-refractivity contribution in [3.8, 4) is 5.75 Å². The number of carbonyl (C=O) groups excluding carboxylic acids is 1. The monoisotopic (exact) mass is 313 g/mol. The Balaban J connectivity index is 1.95. The van der Waals surface area contributed by atoms with Gasteiger partial charge < -0.3 is 14.5 Å². The van der Waals surface area contributed by atoms with Crippen LogP contribution in [0, 0.1) is 5.82 Å². The summed E-state index contributed by atoms with van der Waals surface area (Å²) in [6.45, 7) is 0. The molecule has 0 aliphatic rings. The van der Waals surface area contributed by atoms with Gasteiger partial charge in [-0.15, -0.1) is 0 Å². The number of rotatable bonds is 3. The maximum atomic E-state index is 13.3. The lowest BCUT2D eigenvalue weighted by molar-refractivity contribution is 0.0993. The molecule has 0 saturated carbocycles. The highest BCUT2D eigenvalue weighted by Gasteiger charge is 2.13. The Labute approximate surface area is 130 Å². The van der Waals surface area contributed by atoms with Crippen LogP contribution in [-0.2, 0) is 0 Å². The SMILES string of the molecule is COc1cccc(NC(=O)c2cc3cc(F)ccc3c(=O)o2)c1. The molecule has 6 heteroatoms. The van der Waals surface area contributed by atoms with E-state index in [1.54, 1.807) is 24.3 Å². The number of nitrogens with one attached hydrogen (secondary N) is 1. The van der Waals surface area contributed by atoms with Crippen LogP contribution in [0.2, 0.25) is 0 Å². The van der Waals surface area contributed by atoms with Crippen molar-refractivity contribution in [1.82, 2.24) is 0 Å². The third-order valence-electron chi connectivity index (χ3n) is 3.27. The van der Waals surface area contributed by atoms with E-state index >= 15 is 0 Å². The number of methoxy groups -OCH3 is 1. The van der Waals surface area contributed by atoms with Gasteiger partial charge in [0, 0.05) is 11.8 Å². The second kappa shape index (κ2) is 5.92. The number of hydrogen-bond donors (Lipinski definition) is 1. The van der Waals surface area contributed by atoms with E-state index in [2.05, 4.69) is 5.32 Å². The Morgan fingerprint density at radius 2 is 2.00 bits per heavy atom. The van der Waals surface area contributed by atoms with E-state index in [1.165, 1.54) is 25.3 Å². The summed E-state index contributed by atoms with van der Waals surface area (Å²) < 4.78 is 23.3. The summed E-state index contributed by atoms with van der Waals surface area (Å²) in [4.78, 5) is 24.1. The van der Waals surface area contributed by atoms with Crippen molar-refractivity contribution in [3.05, 3.63) is 70.5 Å². The molecule has 0 aliphatic heterocycles. The first kappa shape index (κ1) is 14.8. The fourth-order valence-electron chi connectivity index (χ4n) is 2.17. The maximum Gasteiger partial charge on any atom is 0.344 e. The van der Waals surface area contributed by atoms with Gasteiger partial charge >= 0.3 is 5.63 Å². The second-order valence-corrected chi connectivity index (χ2v) is 4.82. The first-order valence-electron chi connectivity index (χ1n) is 6.75. The average Bonchev–Trinajstić information content (AvgIpc) is 2.54. The molecule has 0 saturated heterocycles. The van der Waals surface area contributed by atoms with E-state index in [1.807, 2.05) is 0 Å². The topological polar surface area (TPSA) is 68.5 Å². The summed E-state index contributed by atoms with van der Waals surface area (Å²) in [6.07, 6.45) is 0. The highest BCUT2D eigenvalue weighted by molar-refractivity contribution is 6.04. The molecule has 3 aromatic rings. The van der Waals surface area contributed by atoms with Crippen LogP contribution in [0.5, 0.6) is 5.75 Å². The van der Waals surface area contributed by atoms with E-state index in [0.717, 1.165) is 6.07 Å². The molecule has 0 fully saturated rings. The molecule has 3 rings (SSSR count). The lowest BCUT2D eigenvalue weighted by atomic mass is 10.1. The minimum absolute atomic E-state index is 0.198. The van der Waals surface area contributed by atoms with E-state index in [0.29, 0.717) is 16.8 Å². The fourth-order valence-corrected chi connectivity index (χ4v) is 2.17. The Bertz CT molecular complexity index is 949. The van der Waals surface area contributed by atoms with Gasteiger partial charge in [0.25, 0.3) is 5.91 Å². The zero-order valence-electron chi connectivity index (χ0n) is 12.1. The molecule has 5 nitrogen and oxygen atoms in total. The molecule has 0 spiro atoms. The maximum absolute atomic E-state index is 13.3. The van der Waals surface area contributed by atoms with E-state index in [9.17, 15) is 14.0 Å². The third-order valence-corrected chi connectivity index (χ3v) is 3.27.